The highest BCUT2D eigenvalue weighted by molar-refractivity contribution is 6.14. The van der Waals surface area contributed by atoms with E-state index in [0.717, 1.165) is 18.4 Å². The summed E-state index contributed by atoms with van der Waals surface area (Å²) < 4.78 is 9.55. The van der Waals surface area contributed by atoms with Gasteiger partial charge in [0.2, 0.25) is 0 Å². The maximum absolute atomic E-state index is 12.2. The number of nitrogens with one attached hydrogen (secondary N) is 1. The molecule has 0 radical (unpaired) electrons. The molecule has 1 aromatic heterocycles. The lowest BCUT2D eigenvalue weighted by molar-refractivity contribution is 0.0600. The lowest BCUT2D eigenvalue weighted by Crippen LogP contribution is -2.07. The summed E-state index contributed by atoms with van der Waals surface area (Å²) in [6.07, 6.45) is 8.51. The van der Waals surface area contributed by atoms with E-state index in [-0.39, 0.29) is 11.1 Å². The number of H-pyrrole nitrogens is 1. The number of ether oxygens (including phenoxy) is 2. The second-order valence-electron chi connectivity index (χ2n) is 5.60. The van der Waals surface area contributed by atoms with Crippen molar-refractivity contribution in [3.05, 3.63) is 52.7 Å². The van der Waals surface area contributed by atoms with E-state index >= 15 is 0 Å². The predicted molar refractivity (Wildman–Crippen MR) is 92.7 cm³/mol. The third kappa shape index (κ3) is 2.87. The van der Waals surface area contributed by atoms with Crippen molar-refractivity contribution in [2.24, 2.45) is 0 Å². The minimum absolute atomic E-state index is 0.144. The van der Waals surface area contributed by atoms with Gasteiger partial charge in [-0.25, -0.2) is 9.59 Å². The van der Waals surface area contributed by atoms with Crippen molar-refractivity contribution in [2.75, 3.05) is 14.2 Å². The normalized spacial score (nSPS) is 13.4. The Bertz CT molecular complexity index is 933. The fraction of sp³-hybridized carbons (Fsp3) is 0.211. The number of esters is 2. The van der Waals surface area contributed by atoms with Gasteiger partial charge in [-0.05, 0) is 30.5 Å². The molecule has 1 aliphatic carbocycles. The summed E-state index contributed by atoms with van der Waals surface area (Å²) in [4.78, 5) is 39.0. The molecule has 0 spiro atoms. The van der Waals surface area contributed by atoms with Gasteiger partial charge >= 0.3 is 11.9 Å². The maximum atomic E-state index is 12.2. The minimum atomic E-state index is -0.627. The van der Waals surface area contributed by atoms with Gasteiger partial charge < -0.3 is 14.5 Å². The first-order valence-electron chi connectivity index (χ1n) is 7.79. The van der Waals surface area contributed by atoms with Crippen molar-refractivity contribution in [3.63, 3.8) is 0 Å². The molecule has 0 amide bonds. The molecule has 1 aliphatic rings. The molecule has 0 bridgehead atoms. The number of aldehydes is 1. The molecule has 0 atom stereocenters. The van der Waals surface area contributed by atoms with Crippen molar-refractivity contribution in [1.82, 2.24) is 4.98 Å². The number of aromatic nitrogens is 1. The SMILES string of the molecule is COC(=O)c1cc(C(=O)OC)c2c(C=O)c(C3=CCCC=C3)[nH]c2c1. The molecule has 1 heterocycles. The van der Waals surface area contributed by atoms with E-state index in [1.807, 2.05) is 18.2 Å². The van der Waals surface area contributed by atoms with Crippen LogP contribution in [0, 0.1) is 0 Å². The molecule has 1 N–H and O–H groups in total. The zero-order valence-corrected chi connectivity index (χ0v) is 13.9. The molecule has 6 nitrogen and oxygen atoms in total. The van der Waals surface area contributed by atoms with Crippen LogP contribution in [0.2, 0.25) is 0 Å². The molecular weight excluding hydrogens is 322 g/mol. The van der Waals surface area contributed by atoms with Crippen LogP contribution >= 0.6 is 0 Å². The van der Waals surface area contributed by atoms with E-state index < -0.39 is 11.9 Å². The molecule has 0 aliphatic heterocycles. The van der Waals surface area contributed by atoms with Crippen LogP contribution in [0.1, 0.15) is 49.6 Å². The molecule has 128 valence electrons. The number of carbonyl (C=O) groups excluding carboxylic acids is 3. The molecule has 0 fully saturated rings. The van der Waals surface area contributed by atoms with Crippen LogP contribution in [0.15, 0.2) is 30.4 Å². The highest BCUT2D eigenvalue weighted by Gasteiger charge is 2.23. The van der Waals surface area contributed by atoms with Gasteiger partial charge in [-0.15, -0.1) is 0 Å². The number of hydrogen-bond donors (Lipinski definition) is 1. The Morgan fingerprint density at radius 3 is 2.48 bits per heavy atom. The molecule has 1 aromatic carbocycles. The predicted octanol–water partition coefficient (Wildman–Crippen LogP) is 3.29. The number of benzene rings is 1. The zero-order valence-electron chi connectivity index (χ0n) is 13.9. The van der Waals surface area contributed by atoms with Crippen molar-refractivity contribution >= 4 is 34.7 Å². The number of methoxy groups -OCH3 is 2. The Morgan fingerprint density at radius 1 is 1.12 bits per heavy atom. The van der Waals surface area contributed by atoms with Gasteiger partial charge in [0.15, 0.2) is 6.29 Å². The summed E-state index contributed by atoms with van der Waals surface area (Å²) in [6, 6.07) is 2.95. The molecule has 2 aromatic rings. The van der Waals surface area contributed by atoms with Crippen LogP contribution in [-0.2, 0) is 9.47 Å². The van der Waals surface area contributed by atoms with E-state index in [1.165, 1.54) is 20.3 Å². The van der Waals surface area contributed by atoms with Crippen molar-refractivity contribution < 1.29 is 23.9 Å². The van der Waals surface area contributed by atoms with Gasteiger partial charge in [0.25, 0.3) is 0 Å². The minimum Gasteiger partial charge on any atom is -0.465 e. The summed E-state index contributed by atoms with van der Waals surface area (Å²) in [5.41, 5.74) is 2.71. The Kier molecular flexibility index (Phi) is 4.52. The third-order valence-electron chi connectivity index (χ3n) is 4.16. The van der Waals surface area contributed by atoms with Gasteiger partial charge in [-0.1, -0.05) is 18.2 Å². The number of aromatic amines is 1. The lowest BCUT2D eigenvalue weighted by atomic mass is 9.98. The Labute approximate surface area is 144 Å². The summed E-state index contributed by atoms with van der Waals surface area (Å²) in [7, 11) is 2.51. The van der Waals surface area contributed by atoms with Gasteiger partial charge in [0.1, 0.15) is 0 Å². The Hall–Kier alpha value is -3.15. The van der Waals surface area contributed by atoms with Gasteiger partial charge in [0, 0.05) is 16.5 Å². The van der Waals surface area contributed by atoms with Crippen molar-refractivity contribution in [3.8, 4) is 0 Å². The van der Waals surface area contributed by atoms with E-state index in [9.17, 15) is 14.4 Å². The summed E-state index contributed by atoms with van der Waals surface area (Å²) in [5.74, 6) is -1.20. The Morgan fingerprint density at radius 2 is 1.88 bits per heavy atom. The van der Waals surface area contributed by atoms with Crippen LogP contribution < -0.4 is 0 Å². The average molecular weight is 339 g/mol. The lowest BCUT2D eigenvalue weighted by Gasteiger charge is -2.06. The first-order valence-corrected chi connectivity index (χ1v) is 7.79. The topological polar surface area (TPSA) is 85.5 Å². The van der Waals surface area contributed by atoms with Gasteiger partial charge in [-0.3, -0.25) is 4.79 Å². The largest absolute Gasteiger partial charge is 0.465 e. The van der Waals surface area contributed by atoms with Crippen LogP contribution in [0.25, 0.3) is 16.5 Å². The molecule has 25 heavy (non-hydrogen) atoms. The van der Waals surface area contributed by atoms with Crippen molar-refractivity contribution in [2.45, 2.75) is 12.8 Å². The quantitative estimate of drug-likeness (QED) is 0.682. The number of allylic oxidation sites excluding steroid dienone is 4. The molecule has 0 saturated carbocycles. The van der Waals surface area contributed by atoms with E-state index in [1.54, 1.807) is 6.07 Å². The first kappa shape index (κ1) is 16.7. The number of rotatable bonds is 4. The summed E-state index contributed by atoms with van der Waals surface area (Å²) in [6.45, 7) is 0. The summed E-state index contributed by atoms with van der Waals surface area (Å²) in [5, 5.41) is 0.435. The maximum Gasteiger partial charge on any atom is 0.338 e. The molecule has 0 unspecified atom stereocenters. The monoisotopic (exact) mass is 339 g/mol. The third-order valence-corrected chi connectivity index (χ3v) is 4.16. The smallest absolute Gasteiger partial charge is 0.338 e. The second kappa shape index (κ2) is 6.76. The summed E-state index contributed by atoms with van der Waals surface area (Å²) >= 11 is 0. The molecule has 3 rings (SSSR count). The molecule has 6 heteroatoms. The van der Waals surface area contributed by atoms with E-state index in [2.05, 4.69) is 4.98 Å². The standard InChI is InChI=1S/C19H17NO5/c1-24-18(22)12-8-13(19(23)25-2)16-14(10-21)17(20-15(16)9-12)11-6-4-3-5-7-11/h4,6-10,20H,3,5H2,1-2H3. The molecule has 0 saturated heterocycles. The van der Waals surface area contributed by atoms with Crippen LogP contribution in [-0.4, -0.2) is 37.4 Å². The van der Waals surface area contributed by atoms with E-state index in [0.29, 0.717) is 28.4 Å². The van der Waals surface area contributed by atoms with Crippen LogP contribution in [0.4, 0.5) is 0 Å². The fourth-order valence-electron chi connectivity index (χ4n) is 3.01. The number of hydrogen-bond acceptors (Lipinski definition) is 5. The van der Waals surface area contributed by atoms with Crippen LogP contribution in [0.3, 0.4) is 0 Å². The van der Waals surface area contributed by atoms with E-state index in [4.69, 9.17) is 9.47 Å². The highest BCUT2D eigenvalue weighted by Crippen LogP contribution is 2.32. The highest BCUT2D eigenvalue weighted by atomic mass is 16.5. The van der Waals surface area contributed by atoms with Gasteiger partial charge in [-0.2, -0.15) is 0 Å². The van der Waals surface area contributed by atoms with Gasteiger partial charge in [0.05, 0.1) is 31.0 Å². The second-order valence-corrected chi connectivity index (χ2v) is 5.60. The Balaban J connectivity index is 2.33. The van der Waals surface area contributed by atoms with Crippen molar-refractivity contribution in [1.29, 1.82) is 0 Å². The molecular formula is C19H17NO5. The van der Waals surface area contributed by atoms with Crippen LogP contribution in [0.5, 0.6) is 0 Å². The average Bonchev–Trinajstić information content (AvgIpc) is 3.05. The fourth-order valence-corrected chi connectivity index (χ4v) is 3.01. The zero-order chi connectivity index (χ0) is 18.0. The first-order chi connectivity index (χ1) is 12.1. The number of fused-ring (bicyclic) bond motifs is 1. The number of carbonyl (C=O) groups is 3.